The Labute approximate surface area is 125 Å². The second kappa shape index (κ2) is 8.07. The van der Waals surface area contributed by atoms with E-state index in [0.717, 1.165) is 0 Å². The fraction of sp³-hybridized carbons (Fsp3) is 0.571. The number of halogens is 1. The SMILES string of the molecule is CCOCC(NC(=O)c1cc(NC)ncc1Cl)C(C)C. The topological polar surface area (TPSA) is 63.2 Å². The Bertz CT molecular complexity index is 452. The molecule has 2 N–H and O–H groups in total. The molecule has 6 heteroatoms. The van der Waals surface area contributed by atoms with Crippen molar-refractivity contribution in [3.8, 4) is 0 Å². The van der Waals surface area contributed by atoms with Gasteiger partial charge in [0, 0.05) is 19.9 Å². The molecule has 1 heterocycles. The maximum atomic E-state index is 12.3. The Morgan fingerprint density at radius 2 is 2.20 bits per heavy atom. The number of carbonyl (C=O) groups excluding carboxylic acids is 1. The van der Waals surface area contributed by atoms with E-state index in [0.29, 0.717) is 29.6 Å². The summed E-state index contributed by atoms with van der Waals surface area (Å²) in [6.07, 6.45) is 1.47. The lowest BCUT2D eigenvalue weighted by Crippen LogP contribution is -2.42. The molecular formula is C14H22ClN3O2. The lowest BCUT2D eigenvalue weighted by molar-refractivity contribution is 0.0806. The van der Waals surface area contributed by atoms with Crippen LogP contribution in [0.25, 0.3) is 0 Å². The number of carbonyl (C=O) groups is 1. The van der Waals surface area contributed by atoms with Crippen molar-refractivity contribution < 1.29 is 9.53 Å². The minimum absolute atomic E-state index is 0.0512. The number of pyridine rings is 1. The summed E-state index contributed by atoms with van der Waals surface area (Å²) in [5.74, 6) is 0.660. The van der Waals surface area contributed by atoms with Gasteiger partial charge < -0.3 is 15.4 Å². The highest BCUT2D eigenvalue weighted by Gasteiger charge is 2.19. The molecule has 112 valence electrons. The minimum atomic E-state index is -0.215. The third-order valence-corrected chi connectivity index (χ3v) is 3.28. The number of nitrogens with one attached hydrogen (secondary N) is 2. The quantitative estimate of drug-likeness (QED) is 0.812. The Morgan fingerprint density at radius 3 is 2.75 bits per heavy atom. The maximum Gasteiger partial charge on any atom is 0.253 e. The van der Waals surface area contributed by atoms with Gasteiger partial charge >= 0.3 is 0 Å². The Hall–Kier alpha value is -1.33. The number of hydrogen-bond donors (Lipinski definition) is 2. The number of anilines is 1. The number of nitrogens with zero attached hydrogens (tertiary/aromatic N) is 1. The van der Waals surface area contributed by atoms with Crippen LogP contribution in [-0.4, -0.2) is 37.2 Å². The van der Waals surface area contributed by atoms with Gasteiger partial charge in [-0.05, 0) is 18.9 Å². The summed E-state index contributed by atoms with van der Waals surface area (Å²) >= 11 is 6.03. The van der Waals surface area contributed by atoms with E-state index in [1.54, 1.807) is 13.1 Å². The van der Waals surface area contributed by atoms with Crippen molar-refractivity contribution in [3.05, 3.63) is 22.8 Å². The van der Waals surface area contributed by atoms with Crippen LogP contribution in [0.4, 0.5) is 5.82 Å². The first-order chi connectivity index (χ1) is 9.49. The van der Waals surface area contributed by atoms with Crippen LogP contribution in [0.2, 0.25) is 5.02 Å². The van der Waals surface area contributed by atoms with Crippen molar-refractivity contribution in [2.24, 2.45) is 5.92 Å². The van der Waals surface area contributed by atoms with E-state index >= 15 is 0 Å². The van der Waals surface area contributed by atoms with Crippen molar-refractivity contribution in [1.82, 2.24) is 10.3 Å². The molecule has 1 atom stereocenters. The zero-order chi connectivity index (χ0) is 15.1. The van der Waals surface area contributed by atoms with E-state index < -0.39 is 0 Å². The van der Waals surface area contributed by atoms with E-state index in [-0.39, 0.29) is 17.9 Å². The molecule has 0 aliphatic carbocycles. The summed E-state index contributed by atoms with van der Waals surface area (Å²) in [5, 5.41) is 6.17. The third kappa shape index (κ3) is 4.65. The monoisotopic (exact) mass is 299 g/mol. The molecule has 0 aliphatic rings. The molecule has 0 saturated heterocycles. The maximum absolute atomic E-state index is 12.3. The van der Waals surface area contributed by atoms with Crippen LogP contribution in [0.15, 0.2) is 12.3 Å². The highest BCUT2D eigenvalue weighted by molar-refractivity contribution is 6.33. The second-order valence-electron chi connectivity index (χ2n) is 4.78. The zero-order valence-corrected chi connectivity index (χ0v) is 13.1. The van der Waals surface area contributed by atoms with Gasteiger partial charge in [0.25, 0.3) is 5.91 Å². The van der Waals surface area contributed by atoms with E-state index in [9.17, 15) is 4.79 Å². The molecule has 1 unspecified atom stereocenters. The molecule has 20 heavy (non-hydrogen) atoms. The van der Waals surface area contributed by atoms with Crippen molar-refractivity contribution in [1.29, 1.82) is 0 Å². The molecule has 0 aliphatic heterocycles. The molecule has 0 bridgehead atoms. The Kier molecular flexibility index (Phi) is 6.75. The number of amides is 1. The number of ether oxygens (including phenoxy) is 1. The molecule has 0 fully saturated rings. The third-order valence-electron chi connectivity index (χ3n) is 2.98. The van der Waals surface area contributed by atoms with E-state index in [1.807, 2.05) is 20.8 Å². The number of aromatic nitrogens is 1. The van der Waals surface area contributed by atoms with Crippen molar-refractivity contribution in [2.45, 2.75) is 26.8 Å². The van der Waals surface area contributed by atoms with Gasteiger partial charge in [0.15, 0.2) is 0 Å². The second-order valence-corrected chi connectivity index (χ2v) is 5.19. The summed E-state index contributed by atoms with van der Waals surface area (Å²) in [6.45, 7) is 7.12. The molecule has 1 aromatic rings. The first-order valence-electron chi connectivity index (χ1n) is 6.71. The summed E-state index contributed by atoms with van der Waals surface area (Å²) in [6, 6.07) is 1.58. The van der Waals surface area contributed by atoms with Crippen molar-refractivity contribution in [2.75, 3.05) is 25.6 Å². The number of rotatable bonds is 7. The van der Waals surface area contributed by atoms with E-state index in [2.05, 4.69) is 15.6 Å². The number of hydrogen-bond acceptors (Lipinski definition) is 4. The van der Waals surface area contributed by atoms with Crippen LogP contribution in [-0.2, 0) is 4.74 Å². The molecule has 0 spiro atoms. The molecule has 0 saturated carbocycles. The van der Waals surface area contributed by atoms with Gasteiger partial charge in [0.2, 0.25) is 0 Å². The van der Waals surface area contributed by atoms with Gasteiger partial charge in [0.1, 0.15) is 5.82 Å². The van der Waals surface area contributed by atoms with Gasteiger partial charge in [-0.2, -0.15) is 0 Å². The summed E-state index contributed by atoms with van der Waals surface area (Å²) in [5.41, 5.74) is 0.410. The highest BCUT2D eigenvalue weighted by Crippen LogP contribution is 2.18. The molecule has 1 rings (SSSR count). The average Bonchev–Trinajstić information content (AvgIpc) is 2.43. The van der Waals surface area contributed by atoms with Crippen LogP contribution in [0, 0.1) is 5.92 Å². The Morgan fingerprint density at radius 1 is 1.50 bits per heavy atom. The van der Waals surface area contributed by atoms with Crippen LogP contribution < -0.4 is 10.6 Å². The molecule has 5 nitrogen and oxygen atoms in total. The Balaban J connectivity index is 2.82. The smallest absolute Gasteiger partial charge is 0.253 e. The lowest BCUT2D eigenvalue weighted by atomic mass is 10.0. The largest absolute Gasteiger partial charge is 0.380 e. The molecule has 1 amide bonds. The molecule has 1 aromatic heterocycles. The van der Waals surface area contributed by atoms with E-state index in [1.165, 1.54) is 6.20 Å². The van der Waals surface area contributed by atoms with E-state index in [4.69, 9.17) is 16.3 Å². The van der Waals surface area contributed by atoms with Crippen LogP contribution in [0.1, 0.15) is 31.1 Å². The normalized spacial score (nSPS) is 12.3. The predicted molar refractivity (Wildman–Crippen MR) is 81.4 cm³/mol. The van der Waals surface area contributed by atoms with Crippen LogP contribution in [0.5, 0.6) is 0 Å². The van der Waals surface area contributed by atoms with Crippen molar-refractivity contribution >= 4 is 23.3 Å². The first kappa shape index (κ1) is 16.7. The standard InChI is InChI=1S/C14H22ClN3O2/c1-5-20-8-12(9(2)3)18-14(19)10-6-13(16-4)17-7-11(10)15/h6-7,9,12H,5,8H2,1-4H3,(H,16,17)(H,18,19). The molecular weight excluding hydrogens is 278 g/mol. The van der Waals surface area contributed by atoms with Crippen molar-refractivity contribution in [3.63, 3.8) is 0 Å². The molecule has 0 radical (unpaired) electrons. The van der Waals surface area contributed by atoms with Crippen LogP contribution >= 0.6 is 11.6 Å². The summed E-state index contributed by atoms with van der Waals surface area (Å²) in [4.78, 5) is 16.4. The highest BCUT2D eigenvalue weighted by atomic mass is 35.5. The summed E-state index contributed by atoms with van der Waals surface area (Å²) < 4.78 is 5.40. The van der Waals surface area contributed by atoms with Gasteiger partial charge in [-0.15, -0.1) is 0 Å². The minimum Gasteiger partial charge on any atom is -0.380 e. The van der Waals surface area contributed by atoms with Gasteiger partial charge in [-0.25, -0.2) is 4.98 Å². The average molecular weight is 300 g/mol. The van der Waals surface area contributed by atoms with Crippen LogP contribution in [0.3, 0.4) is 0 Å². The zero-order valence-electron chi connectivity index (χ0n) is 12.4. The molecule has 0 aromatic carbocycles. The fourth-order valence-electron chi connectivity index (χ4n) is 1.64. The van der Waals surface area contributed by atoms with Gasteiger partial charge in [-0.3, -0.25) is 4.79 Å². The van der Waals surface area contributed by atoms with Gasteiger partial charge in [-0.1, -0.05) is 25.4 Å². The lowest BCUT2D eigenvalue weighted by Gasteiger charge is -2.22. The predicted octanol–water partition coefficient (Wildman–Crippen LogP) is 2.57. The first-order valence-corrected chi connectivity index (χ1v) is 7.09. The summed E-state index contributed by atoms with van der Waals surface area (Å²) in [7, 11) is 1.74. The van der Waals surface area contributed by atoms with Gasteiger partial charge in [0.05, 0.1) is 23.2 Å². The fourth-order valence-corrected chi connectivity index (χ4v) is 1.83.